The second-order valence-corrected chi connectivity index (χ2v) is 5.91. The number of nitrogens with zero attached hydrogens (tertiary/aromatic N) is 1. The first-order chi connectivity index (χ1) is 10.1. The largest absolute Gasteiger partial charge is 0.282 e. The van der Waals surface area contributed by atoms with Crippen LogP contribution in [0.3, 0.4) is 0 Å². The first-order valence-corrected chi connectivity index (χ1v) is 7.42. The van der Waals surface area contributed by atoms with E-state index >= 15 is 0 Å². The standard InChI is InChI=1S/C17H14Cl2N2/c1-11-8-15(19)7-4-13(11)9-16-10-17(21-20-16)12-2-5-14(18)6-3-12/h2-8,10H,9H2,1H3,(H,20,21). The lowest BCUT2D eigenvalue weighted by atomic mass is 10.0. The van der Waals surface area contributed by atoms with Gasteiger partial charge in [-0.3, -0.25) is 5.10 Å². The van der Waals surface area contributed by atoms with Crippen LogP contribution >= 0.6 is 23.2 Å². The molecular weight excluding hydrogens is 303 g/mol. The minimum Gasteiger partial charge on any atom is -0.282 e. The number of aromatic amines is 1. The molecule has 106 valence electrons. The number of H-pyrrole nitrogens is 1. The van der Waals surface area contributed by atoms with Crippen LogP contribution in [0.15, 0.2) is 48.5 Å². The molecule has 0 aliphatic rings. The third-order valence-corrected chi connectivity index (χ3v) is 3.94. The lowest BCUT2D eigenvalue weighted by Gasteiger charge is -2.04. The molecule has 0 amide bonds. The van der Waals surface area contributed by atoms with Gasteiger partial charge in [0.15, 0.2) is 0 Å². The number of nitrogens with one attached hydrogen (secondary N) is 1. The Morgan fingerprint density at radius 3 is 2.38 bits per heavy atom. The van der Waals surface area contributed by atoms with Crippen molar-refractivity contribution in [1.29, 1.82) is 0 Å². The van der Waals surface area contributed by atoms with E-state index in [1.54, 1.807) is 0 Å². The highest BCUT2D eigenvalue weighted by Crippen LogP contribution is 2.22. The molecule has 0 spiro atoms. The molecule has 4 heteroatoms. The normalized spacial score (nSPS) is 10.8. The van der Waals surface area contributed by atoms with Gasteiger partial charge in [-0.2, -0.15) is 5.10 Å². The van der Waals surface area contributed by atoms with Gasteiger partial charge in [0.2, 0.25) is 0 Å². The first kappa shape index (κ1) is 14.2. The minimum atomic E-state index is 0.728. The summed E-state index contributed by atoms with van der Waals surface area (Å²) in [7, 11) is 0. The van der Waals surface area contributed by atoms with Crippen LogP contribution in [0.5, 0.6) is 0 Å². The van der Waals surface area contributed by atoms with Gasteiger partial charge in [0.25, 0.3) is 0 Å². The lowest BCUT2D eigenvalue weighted by Crippen LogP contribution is -1.91. The van der Waals surface area contributed by atoms with E-state index < -0.39 is 0 Å². The Labute approximate surface area is 133 Å². The van der Waals surface area contributed by atoms with E-state index in [0.717, 1.165) is 33.4 Å². The van der Waals surface area contributed by atoms with Crippen molar-refractivity contribution in [3.8, 4) is 11.3 Å². The number of rotatable bonds is 3. The Kier molecular flexibility index (Phi) is 4.00. The number of benzene rings is 2. The molecule has 1 heterocycles. The summed E-state index contributed by atoms with van der Waals surface area (Å²) < 4.78 is 0. The molecule has 2 aromatic carbocycles. The smallest absolute Gasteiger partial charge is 0.0923 e. The van der Waals surface area contributed by atoms with Crippen LogP contribution in [0.2, 0.25) is 10.0 Å². The highest BCUT2D eigenvalue weighted by atomic mass is 35.5. The quantitative estimate of drug-likeness (QED) is 0.699. The number of hydrogen-bond donors (Lipinski definition) is 1. The van der Waals surface area contributed by atoms with E-state index in [4.69, 9.17) is 23.2 Å². The van der Waals surface area contributed by atoms with E-state index in [9.17, 15) is 0 Å². The predicted molar refractivity (Wildman–Crippen MR) is 88.0 cm³/mol. The van der Waals surface area contributed by atoms with Crippen molar-refractivity contribution in [3.05, 3.63) is 75.4 Å². The monoisotopic (exact) mass is 316 g/mol. The van der Waals surface area contributed by atoms with Gasteiger partial charge in [0.1, 0.15) is 0 Å². The van der Waals surface area contributed by atoms with Crippen molar-refractivity contribution in [2.24, 2.45) is 0 Å². The Hall–Kier alpha value is -1.77. The van der Waals surface area contributed by atoms with E-state index in [0.29, 0.717) is 0 Å². The fraction of sp³-hybridized carbons (Fsp3) is 0.118. The number of halogens is 2. The van der Waals surface area contributed by atoms with Crippen molar-refractivity contribution in [2.45, 2.75) is 13.3 Å². The molecular formula is C17H14Cl2N2. The third-order valence-electron chi connectivity index (χ3n) is 3.46. The summed E-state index contributed by atoms with van der Waals surface area (Å²) in [5, 5.41) is 8.95. The number of hydrogen-bond acceptors (Lipinski definition) is 1. The summed E-state index contributed by atoms with van der Waals surface area (Å²) in [6.07, 6.45) is 0.809. The van der Waals surface area contributed by atoms with Crippen molar-refractivity contribution in [3.63, 3.8) is 0 Å². The van der Waals surface area contributed by atoms with Crippen LogP contribution in [0.1, 0.15) is 16.8 Å². The van der Waals surface area contributed by atoms with Gasteiger partial charge >= 0.3 is 0 Å². The molecule has 0 aliphatic carbocycles. The lowest BCUT2D eigenvalue weighted by molar-refractivity contribution is 0.992. The van der Waals surface area contributed by atoms with E-state index in [1.807, 2.05) is 36.4 Å². The van der Waals surface area contributed by atoms with Crippen LogP contribution in [-0.2, 0) is 6.42 Å². The molecule has 0 saturated carbocycles. The highest BCUT2D eigenvalue weighted by Gasteiger charge is 2.06. The van der Waals surface area contributed by atoms with Crippen LogP contribution < -0.4 is 0 Å². The topological polar surface area (TPSA) is 28.7 Å². The first-order valence-electron chi connectivity index (χ1n) is 6.67. The SMILES string of the molecule is Cc1cc(Cl)ccc1Cc1cc(-c2ccc(Cl)cc2)n[nH]1. The average Bonchev–Trinajstić information content (AvgIpc) is 2.91. The maximum Gasteiger partial charge on any atom is 0.0923 e. The molecule has 0 fully saturated rings. The molecule has 3 aromatic rings. The van der Waals surface area contributed by atoms with Gasteiger partial charge in [0, 0.05) is 27.7 Å². The van der Waals surface area contributed by atoms with Gasteiger partial charge in [-0.25, -0.2) is 0 Å². The Morgan fingerprint density at radius 1 is 0.952 bits per heavy atom. The minimum absolute atomic E-state index is 0.728. The maximum absolute atomic E-state index is 5.99. The second-order valence-electron chi connectivity index (χ2n) is 5.03. The van der Waals surface area contributed by atoms with Crippen LogP contribution in [0.25, 0.3) is 11.3 Å². The summed E-state index contributed by atoms with van der Waals surface area (Å²) in [6, 6.07) is 15.7. The molecule has 21 heavy (non-hydrogen) atoms. The van der Waals surface area contributed by atoms with Crippen molar-refractivity contribution in [2.75, 3.05) is 0 Å². The van der Waals surface area contributed by atoms with Crippen molar-refractivity contribution < 1.29 is 0 Å². The van der Waals surface area contributed by atoms with Gasteiger partial charge in [-0.15, -0.1) is 0 Å². The molecule has 0 unspecified atom stereocenters. The van der Waals surface area contributed by atoms with Gasteiger partial charge in [-0.1, -0.05) is 41.4 Å². The molecule has 0 bridgehead atoms. The number of aryl methyl sites for hydroxylation is 1. The van der Waals surface area contributed by atoms with Crippen molar-refractivity contribution >= 4 is 23.2 Å². The van der Waals surface area contributed by atoms with Gasteiger partial charge in [0.05, 0.1) is 5.69 Å². The Morgan fingerprint density at radius 2 is 1.67 bits per heavy atom. The van der Waals surface area contributed by atoms with Crippen LogP contribution in [0.4, 0.5) is 0 Å². The van der Waals surface area contributed by atoms with E-state index in [-0.39, 0.29) is 0 Å². The molecule has 0 atom stereocenters. The summed E-state index contributed by atoms with van der Waals surface area (Å²) >= 11 is 11.9. The molecule has 0 saturated heterocycles. The Bertz CT molecular complexity index is 761. The summed E-state index contributed by atoms with van der Waals surface area (Å²) in [6.45, 7) is 2.07. The second kappa shape index (κ2) is 5.92. The molecule has 1 aromatic heterocycles. The third kappa shape index (κ3) is 3.29. The summed E-state index contributed by atoms with van der Waals surface area (Å²) in [5.74, 6) is 0. The van der Waals surface area contributed by atoms with E-state index in [1.165, 1.54) is 11.1 Å². The zero-order chi connectivity index (χ0) is 14.8. The maximum atomic E-state index is 5.99. The Balaban J connectivity index is 1.83. The summed E-state index contributed by atoms with van der Waals surface area (Å²) in [5.41, 5.74) is 5.48. The van der Waals surface area contributed by atoms with Crippen LogP contribution in [-0.4, -0.2) is 10.2 Å². The molecule has 0 radical (unpaired) electrons. The zero-order valence-corrected chi connectivity index (χ0v) is 13.0. The summed E-state index contributed by atoms with van der Waals surface area (Å²) in [4.78, 5) is 0. The molecule has 2 nitrogen and oxygen atoms in total. The van der Waals surface area contributed by atoms with Gasteiger partial charge in [-0.05, 0) is 48.4 Å². The molecule has 1 N–H and O–H groups in total. The molecule has 0 aliphatic heterocycles. The van der Waals surface area contributed by atoms with Gasteiger partial charge < -0.3 is 0 Å². The highest BCUT2D eigenvalue weighted by molar-refractivity contribution is 6.30. The number of aromatic nitrogens is 2. The zero-order valence-electron chi connectivity index (χ0n) is 11.5. The average molecular weight is 317 g/mol. The fourth-order valence-electron chi connectivity index (χ4n) is 2.28. The van der Waals surface area contributed by atoms with Crippen LogP contribution in [0, 0.1) is 6.92 Å². The predicted octanol–water partition coefficient (Wildman–Crippen LogP) is 5.28. The van der Waals surface area contributed by atoms with E-state index in [2.05, 4.69) is 29.3 Å². The fourth-order valence-corrected chi connectivity index (χ4v) is 2.64. The molecule has 3 rings (SSSR count). The van der Waals surface area contributed by atoms with Crippen molar-refractivity contribution in [1.82, 2.24) is 10.2 Å².